The number of allylic oxidation sites excluding steroid dienone is 8. The standard InChI is InChI=1S/C26H30O/c27-26(21-22-15-9-5-2-1-3-6-10-16-22)25-20-14-13-19-24(25)23-17-11-7-4-8-12-18-23/h1-12,15-18,24-27H,13-14,19-21H2/b2-1?,3-1?,5-2?,6-3?,7-4-,8-4?,9-5?,10-6?,11-7?,12-8-,15-9?,16-10?,17-11-,18-12?,22-15?,22-16?,23-17?,23-18+. The fourth-order valence-corrected chi connectivity index (χ4v) is 4.13. The SMILES string of the molecule is OC(Cc1ccccccccc1)C1CCCCC1C1=C/C=C\C=C/C=C\1. The predicted molar refractivity (Wildman–Crippen MR) is 115 cm³/mol. The molecular weight excluding hydrogens is 328 g/mol. The zero-order valence-corrected chi connectivity index (χ0v) is 16.0. The molecule has 140 valence electrons. The Balaban J connectivity index is 1.78. The Morgan fingerprint density at radius 2 is 1.41 bits per heavy atom. The van der Waals surface area contributed by atoms with Crippen LogP contribution < -0.4 is 0 Å². The minimum absolute atomic E-state index is 0.315. The van der Waals surface area contributed by atoms with Crippen LogP contribution in [0.4, 0.5) is 0 Å². The summed E-state index contributed by atoms with van der Waals surface area (Å²) in [4.78, 5) is 0. The van der Waals surface area contributed by atoms with E-state index in [0.717, 1.165) is 12.8 Å². The molecule has 2 aliphatic rings. The Bertz CT molecular complexity index is 742. The largest absolute Gasteiger partial charge is 0.392 e. The van der Waals surface area contributed by atoms with Crippen molar-refractivity contribution in [2.75, 3.05) is 0 Å². The average molecular weight is 359 g/mol. The van der Waals surface area contributed by atoms with Gasteiger partial charge in [0.15, 0.2) is 0 Å². The van der Waals surface area contributed by atoms with Gasteiger partial charge in [-0.1, -0.05) is 110 Å². The summed E-state index contributed by atoms with van der Waals surface area (Å²) >= 11 is 0. The lowest BCUT2D eigenvalue weighted by molar-refractivity contribution is 0.0603. The van der Waals surface area contributed by atoms with Gasteiger partial charge < -0.3 is 5.11 Å². The minimum atomic E-state index is -0.318. The van der Waals surface area contributed by atoms with Crippen LogP contribution in [0.15, 0.2) is 103 Å². The molecule has 1 fully saturated rings. The second-order valence-corrected chi connectivity index (χ2v) is 7.38. The summed E-state index contributed by atoms with van der Waals surface area (Å²) < 4.78 is 0. The number of rotatable bonds is 4. The van der Waals surface area contributed by atoms with Gasteiger partial charge >= 0.3 is 0 Å². The van der Waals surface area contributed by atoms with E-state index in [1.54, 1.807) is 0 Å². The molecule has 3 unspecified atom stereocenters. The summed E-state index contributed by atoms with van der Waals surface area (Å²) in [6, 6.07) is 18.5. The molecule has 0 heterocycles. The first kappa shape index (κ1) is 19.4. The predicted octanol–water partition coefficient (Wildman–Crippen LogP) is 6.13. The van der Waals surface area contributed by atoms with Gasteiger partial charge in [-0.25, -0.2) is 0 Å². The second-order valence-electron chi connectivity index (χ2n) is 7.38. The highest BCUT2D eigenvalue weighted by Gasteiger charge is 2.32. The Hall–Kier alpha value is -2.38. The first-order valence-electron chi connectivity index (χ1n) is 10.1. The monoisotopic (exact) mass is 358 g/mol. The van der Waals surface area contributed by atoms with Gasteiger partial charge in [-0.3, -0.25) is 0 Å². The van der Waals surface area contributed by atoms with E-state index in [4.69, 9.17) is 0 Å². The molecule has 0 bridgehead atoms. The van der Waals surface area contributed by atoms with Gasteiger partial charge in [-0.15, -0.1) is 0 Å². The summed E-state index contributed by atoms with van der Waals surface area (Å²) in [6.07, 6.45) is 20.0. The van der Waals surface area contributed by atoms with Crippen LogP contribution in [0.25, 0.3) is 0 Å². The second kappa shape index (κ2) is 10.7. The lowest BCUT2D eigenvalue weighted by Gasteiger charge is -2.36. The van der Waals surface area contributed by atoms with E-state index in [2.05, 4.69) is 60.7 Å². The van der Waals surface area contributed by atoms with Crippen LogP contribution in [0.1, 0.15) is 31.2 Å². The van der Waals surface area contributed by atoms with Crippen molar-refractivity contribution in [3.8, 4) is 0 Å². The summed E-state index contributed by atoms with van der Waals surface area (Å²) in [5, 5.41) is 11.1. The van der Waals surface area contributed by atoms with Crippen LogP contribution >= 0.6 is 0 Å². The van der Waals surface area contributed by atoms with Crippen LogP contribution in [-0.2, 0) is 6.42 Å². The molecule has 0 aromatic heterocycles. The fourth-order valence-electron chi connectivity index (χ4n) is 4.13. The molecule has 0 aliphatic heterocycles. The molecule has 1 N–H and O–H groups in total. The maximum absolute atomic E-state index is 11.1. The van der Waals surface area contributed by atoms with E-state index in [1.807, 2.05) is 36.4 Å². The molecule has 0 amide bonds. The Labute approximate surface area is 163 Å². The van der Waals surface area contributed by atoms with Crippen LogP contribution in [0, 0.1) is 11.8 Å². The number of hydrogen-bond acceptors (Lipinski definition) is 1. The van der Waals surface area contributed by atoms with Gasteiger partial charge in [0.05, 0.1) is 6.10 Å². The fraction of sp³-hybridized carbons (Fsp3) is 0.308. The molecule has 1 aromatic rings. The summed E-state index contributed by atoms with van der Waals surface area (Å²) in [5.41, 5.74) is 2.52. The molecule has 1 aromatic carbocycles. The Morgan fingerprint density at radius 1 is 0.778 bits per heavy atom. The van der Waals surface area contributed by atoms with Gasteiger partial charge in [0, 0.05) is 0 Å². The molecule has 3 rings (SSSR count). The quantitative estimate of drug-likeness (QED) is 0.686. The Morgan fingerprint density at radius 3 is 2.19 bits per heavy atom. The zero-order chi connectivity index (χ0) is 18.7. The number of hydrogen-bond donors (Lipinski definition) is 1. The normalized spacial score (nSPS) is 28.4. The summed E-state index contributed by atoms with van der Waals surface area (Å²) in [5.74, 6) is 0.749. The molecule has 1 heteroatoms. The van der Waals surface area contributed by atoms with Gasteiger partial charge in [-0.2, -0.15) is 0 Å². The highest BCUT2D eigenvalue weighted by molar-refractivity contribution is 5.33. The van der Waals surface area contributed by atoms with Gasteiger partial charge in [0.25, 0.3) is 0 Å². The van der Waals surface area contributed by atoms with Gasteiger partial charge in [0.1, 0.15) is 0 Å². The third-order valence-electron chi connectivity index (χ3n) is 5.50. The van der Waals surface area contributed by atoms with Crippen LogP contribution in [0.2, 0.25) is 0 Å². The number of aliphatic hydroxyl groups excluding tert-OH is 1. The van der Waals surface area contributed by atoms with Crippen molar-refractivity contribution in [1.29, 1.82) is 0 Å². The van der Waals surface area contributed by atoms with E-state index in [1.165, 1.54) is 24.0 Å². The van der Waals surface area contributed by atoms with Crippen LogP contribution in [0.3, 0.4) is 0 Å². The van der Waals surface area contributed by atoms with Crippen molar-refractivity contribution in [1.82, 2.24) is 0 Å². The molecule has 27 heavy (non-hydrogen) atoms. The third-order valence-corrected chi connectivity index (χ3v) is 5.50. The molecular formula is C26H30O. The molecule has 3 atom stereocenters. The van der Waals surface area contributed by atoms with E-state index in [-0.39, 0.29) is 6.10 Å². The average Bonchev–Trinajstić information content (AvgIpc) is 2.67. The smallest absolute Gasteiger partial charge is 0.0614 e. The molecule has 0 spiro atoms. The van der Waals surface area contributed by atoms with Gasteiger partial charge in [-0.05, 0) is 42.2 Å². The molecule has 1 saturated carbocycles. The summed E-state index contributed by atoms with van der Waals surface area (Å²) in [6.45, 7) is 0. The van der Waals surface area contributed by atoms with E-state index < -0.39 is 0 Å². The maximum Gasteiger partial charge on any atom is 0.0614 e. The van der Waals surface area contributed by atoms with Crippen molar-refractivity contribution >= 4 is 0 Å². The molecule has 0 radical (unpaired) electrons. The maximum atomic E-state index is 11.1. The highest BCUT2D eigenvalue weighted by Crippen LogP contribution is 2.38. The van der Waals surface area contributed by atoms with Crippen molar-refractivity contribution in [3.63, 3.8) is 0 Å². The molecule has 0 saturated heterocycles. The lowest BCUT2D eigenvalue weighted by Crippen LogP contribution is -2.33. The highest BCUT2D eigenvalue weighted by atomic mass is 16.3. The van der Waals surface area contributed by atoms with Crippen molar-refractivity contribution in [3.05, 3.63) is 108 Å². The van der Waals surface area contributed by atoms with E-state index in [9.17, 15) is 5.11 Å². The van der Waals surface area contributed by atoms with Crippen molar-refractivity contribution in [2.45, 2.75) is 38.2 Å². The first-order chi connectivity index (χ1) is 13.3. The zero-order valence-electron chi connectivity index (χ0n) is 16.0. The molecule has 2 aliphatic carbocycles. The van der Waals surface area contributed by atoms with E-state index in [0.29, 0.717) is 18.3 Å². The Kier molecular flexibility index (Phi) is 7.68. The van der Waals surface area contributed by atoms with Crippen LogP contribution in [-0.4, -0.2) is 11.2 Å². The number of aliphatic hydroxyl groups is 1. The molecule has 1 nitrogen and oxygen atoms in total. The van der Waals surface area contributed by atoms with Crippen LogP contribution in [0.5, 0.6) is 0 Å². The van der Waals surface area contributed by atoms with Crippen molar-refractivity contribution < 1.29 is 5.11 Å². The van der Waals surface area contributed by atoms with E-state index >= 15 is 0 Å². The third kappa shape index (κ3) is 6.08. The summed E-state index contributed by atoms with van der Waals surface area (Å²) in [7, 11) is 0. The topological polar surface area (TPSA) is 20.2 Å². The van der Waals surface area contributed by atoms with Gasteiger partial charge in [0.2, 0.25) is 0 Å². The first-order valence-corrected chi connectivity index (χ1v) is 10.1. The van der Waals surface area contributed by atoms with Crippen molar-refractivity contribution in [2.24, 2.45) is 11.8 Å². The minimum Gasteiger partial charge on any atom is -0.392 e. The lowest BCUT2D eigenvalue weighted by atomic mass is 9.71.